The molecule has 0 fully saturated rings. The Morgan fingerprint density at radius 2 is 2.18 bits per heavy atom. The first-order chi connectivity index (χ1) is 5.29. The van der Waals surface area contributed by atoms with Gasteiger partial charge in [0.2, 0.25) is 0 Å². The van der Waals surface area contributed by atoms with Crippen molar-refractivity contribution in [1.29, 1.82) is 0 Å². The van der Waals surface area contributed by atoms with E-state index in [-0.39, 0.29) is 0 Å². The Morgan fingerprint density at radius 1 is 1.36 bits per heavy atom. The van der Waals surface area contributed by atoms with Crippen molar-refractivity contribution < 1.29 is 0 Å². The summed E-state index contributed by atoms with van der Waals surface area (Å²) < 4.78 is 0. The molecule has 11 heavy (non-hydrogen) atoms. The Labute approximate surface area is 70.7 Å². The van der Waals surface area contributed by atoms with Gasteiger partial charge >= 0.3 is 0 Å². The van der Waals surface area contributed by atoms with Gasteiger partial charge in [0.15, 0.2) is 0 Å². The molecule has 0 aromatic heterocycles. The molecule has 0 saturated carbocycles. The van der Waals surface area contributed by atoms with Crippen LogP contribution in [0.4, 0.5) is 0 Å². The van der Waals surface area contributed by atoms with Gasteiger partial charge < -0.3 is 0 Å². The standard InChI is InChI=1S/C11H19/c1-10(2)8-9-11-6-4-3-5-7-11/h3-4,10H,5-9H2,1-2H3. The highest BCUT2D eigenvalue weighted by Crippen LogP contribution is 2.26. The van der Waals surface area contributed by atoms with Crippen LogP contribution in [0.5, 0.6) is 0 Å². The quantitative estimate of drug-likeness (QED) is 0.539. The number of allylic oxidation sites excluding steroid dienone is 2. The monoisotopic (exact) mass is 151 g/mol. The van der Waals surface area contributed by atoms with Crippen molar-refractivity contribution >= 4 is 0 Å². The zero-order valence-electron chi connectivity index (χ0n) is 7.77. The summed E-state index contributed by atoms with van der Waals surface area (Å²) in [6.07, 6.45) is 11.3. The Hall–Kier alpha value is -0.260. The largest absolute Gasteiger partial charge is 0.0885 e. The molecular formula is C11H19. The van der Waals surface area contributed by atoms with E-state index in [0.29, 0.717) is 0 Å². The van der Waals surface area contributed by atoms with Crippen LogP contribution in [-0.4, -0.2) is 0 Å². The van der Waals surface area contributed by atoms with Crippen LogP contribution in [-0.2, 0) is 0 Å². The predicted molar refractivity (Wildman–Crippen MR) is 50.3 cm³/mol. The lowest BCUT2D eigenvalue weighted by Gasteiger charge is -2.17. The average molecular weight is 151 g/mol. The van der Waals surface area contributed by atoms with Crippen molar-refractivity contribution in [1.82, 2.24) is 0 Å². The maximum Gasteiger partial charge on any atom is -0.0200 e. The minimum atomic E-state index is 0.869. The summed E-state index contributed by atoms with van der Waals surface area (Å²) in [5.41, 5.74) is 0. The smallest absolute Gasteiger partial charge is 0.0200 e. The molecular weight excluding hydrogens is 132 g/mol. The van der Waals surface area contributed by atoms with Crippen LogP contribution in [0.1, 0.15) is 46.0 Å². The third-order valence-corrected chi connectivity index (χ3v) is 2.31. The highest BCUT2D eigenvalue weighted by Gasteiger charge is 2.10. The molecule has 1 radical (unpaired) electrons. The molecule has 1 aliphatic rings. The Balaban J connectivity index is 2.11. The molecule has 0 aromatic carbocycles. The van der Waals surface area contributed by atoms with Crippen molar-refractivity contribution in [3.8, 4) is 0 Å². The molecule has 0 spiro atoms. The van der Waals surface area contributed by atoms with Gasteiger partial charge in [0.1, 0.15) is 0 Å². The summed E-state index contributed by atoms with van der Waals surface area (Å²) in [5, 5.41) is 0. The van der Waals surface area contributed by atoms with Crippen LogP contribution >= 0.6 is 0 Å². The van der Waals surface area contributed by atoms with Gasteiger partial charge in [0.25, 0.3) is 0 Å². The van der Waals surface area contributed by atoms with Crippen LogP contribution in [0.25, 0.3) is 0 Å². The lowest BCUT2D eigenvalue weighted by molar-refractivity contribution is 0.535. The highest BCUT2D eigenvalue weighted by molar-refractivity contribution is 5.04. The van der Waals surface area contributed by atoms with Gasteiger partial charge in [-0.1, -0.05) is 32.4 Å². The van der Waals surface area contributed by atoms with E-state index in [1.165, 1.54) is 32.1 Å². The molecule has 0 atom stereocenters. The van der Waals surface area contributed by atoms with Crippen LogP contribution in [0.2, 0.25) is 0 Å². The summed E-state index contributed by atoms with van der Waals surface area (Å²) in [5.74, 6) is 2.63. The van der Waals surface area contributed by atoms with Gasteiger partial charge in [-0.3, -0.25) is 0 Å². The summed E-state index contributed by atoms with van der Waals surface area (Å²) >= 11 is 0. The van der Waals surface area contributed by atoms with Crippen molar-refractivity contribution in [2.24, 2.45) is 5.92 Å². The maximum absolute atomic E-state index is 2.32. The molecule has 0 heteroatoms. The maximum atomic E-state index is 2.32. The van der Waals surface area contributed by atoms with E-state index in [4.69, 9.17) is 0 Å². The van der Waals surface area contributed by atoms with Crippen LogP contribution in [0, 0.1) is 11.8 Å². The molecule has 0 heterocycles. The number of hydrogen-bond acceptors (Lipinski definition) is 0. The minimum Gasteiger partial charge on any atom is -0.0885 e. The van der Waals surface area contributed by atoms with E-state index in [1.807, 2.05) is 0 Å². The molecule has 0 nitrogen and oxygen atoms in total. The first-order valence-electron chi connectivity index (χ1n) is 4.77. The molecule has 0 N–H and O–H groups in total. The SMILES string of the molecule is CC(C)CC[C]1CC=CCC1. The molecule has 1 aliphatic carbocycles. The Kier molecular flexibility index (Phi) is 3.68. The Bertz CT molecular complexity index is 122. The molecule has 0 saturated heterocycles. The molecule has 0 unspecified atom stereocenters. The highest BCUT2D eigenvalue weighted by atomic mass is 14.1. The Morgan fingerprint density at radius 3 is 2.73 bits per heavy atom. The fourth-order valence-electron chi connectivity index (χ4n) is 1.48. The first-order valence-corrected chi connectivity index (χ1v) is 4.77. The van der Waals surface area contributed by atoms with Gasteiger partial charge in [-0.05, 0) is 37.5 Å². The summed E-state index contributed by atoms with van der Waals surface area (Å²) in [6.45, 7) is 4.61. The minimum absolute atomic E-state index is 0.869. The van der Waals surface area contributed by atoms with E-state index in [2.05, 4.69) is 26.0 Å². The van der Waals surface area contributed by atoms with Crippen LogP contribution in [0.15, 0.2) is 12.2 Å². The van der Waals surface area contributed by atoms with Crippen molar-refractivity contribution in [2.75, 3.05) is 0 Å². The molecule has 0 aliphatic heterocycles. The van der Waals surface area contributed by atoms with Crippen molar-refractivity contribution in [3.05, 3.63) is 18.1 Å². The van der Waals surface area contributed by atoms with Gasteiger partial charge in [-0.15, -0.1) is 0 Å². The van der Waals surface area contributed by atoms with E-state index in [9.17, 15) is 0 Å². The third kappa shape index (κ3) is 3.60. The zero-order chi connectivity index (χ0) is 8.10. The van der Waals surface area contributed by atoms with Crippen LogP contribution < -0.4 is 0 Å². The topological polar surface area (TPSA) is 0 Å². The van der Waals surface area contributed by atoms with E-state index >= 15 is 0 Å². The third-order valence-electron chi connectivity index (χ3n) is 2.31. The normalized spacial score (nSPS) is 19.5. The summed E-state index contributed by atoms with van der Waals surface area (Å²) in [6, 6.07) is 0. The fraction of sp³-hybridized carbons (Fsp3) is 0.727. The van der Waals surface area contributed by atoms with Crippen molar-refractivity contribution in [3.63, 3.8) is 0 Å². The molecule has 1 rings (SSSR count). The van der Waals surface area contributed by atoms with E-state index in [1.54, 1.807) is 5.92 Å². The fourth-order valence-corrected chi connectivity index (χ4v) is 1.48. The van der Waals surface area contributed by atoms with Crippen LogP contribution in [0.3, 0.4) is 0 Å². The molecule has 0 aromatic rings. The molecule has 0 bridgehead atoms. The summed E-state index contributed by atoms with van der Waals surface area (Å²) in [4.78, 5) is 0. The van der Waals surface area contributed by atoms with Gasteiger partial charge in [0.05, 0.1) is 0 Å². The van der Waals surface area contributed by atoms with Gasteiger partial charge in [0, 0.05) is 0 Å². The second-order valence-corrected chi connectivity index (χ2v) is 3.90. The lowest BCUT2D eigenvalue weighted by atomic mass is 9.88. The predicted octanol–water partition coefficient (Wildman–Crippen LogP) is 3.74. The second-order valence-electron chi connectivity index (χ2n) is 3.90. The van der Waals surface area contributed by atoms with E-state index in [0.717, 1.165) is 5.92 Å². The van der Waals surface area contributed by atoms with E-state index < -0.39 is 0 Å². The van der Waals surface area contributed by atoms with Gasteiger partial charge in [-0.2, -0.15) is 0 Å². The average Bonchev–Trinajstić information content (AvgIpc) is 2.03. The van der Waals surface area contributed by atoms with Gasteiger partial charge in [-0.25, -0.2) is 0 Å². The lowest BCUT2D eigenvalue weighted by Crippen LogP contribution is -2.01. The summed E-state index contributed by atoms with van der Waals surface area (Å²) in [7, 11) is 0. The number of hydrogen-bond donors (Lipinski definition) is 0. The molecule has 63 valence electrons. The first kappa shape index (κ1) is 8.83. The molecule has 0 amide bonds. The number of rotatable bonds is 3. The van der Waals surface area contributed by atoms with Crippen molar-refractivity contribution in [2.45, 2.75) is 46.0 Å². The zero-order valence-corrected chi connectivity index (χ0v) is 7.77. The second kappa shape index (κ2) is 4.58.